The smallest absolute Gasteiger partial charge is 0.296 e. The minimum absolute atomic E-state index is 0.0667. The van der Waals surface area contributed by atoms with Crippen LogP contribution in [0.15, 0.2) is 36.9 Å². The molecule has 132 valence electrons. The second-order valence-corrected chi connectivity index (χ2v) is 5.91. The van der Waals surface area contributed by atoms with Gasteiger partial charge >= 0.3 is 0 Å². The number of hydrogen-bond donors (Lipinski definition) is 0. The van der Waals surface area contributed by atoms with Gasteiger partial charge < -0.3 is 18.9 Å². The fourth-order valence-corrected chi connectivity index (χ4v) is 2.57. The lowest BCUT2D eigenvalue weighted by atomic mass is 10.1. The monoisotopic (exact) mass is 343 g/mol. The Hall–Kier alpha value is -2.67. The molecular formula is C18H21N3O4. The van der Waals surface area contributed by atoms with Crippen molar-refractivity contribution in [3.05, 3.63) is 42.5 Å². The molecule has 7 heteroatoms. The minimum Gasteiger partial charge on any atom is -0.453 e. The van der Waals surface area contributed by atoms with Crippen LogP contribution in [-0.4, -0.2) is 41.2 Å². The van der Waals surface area contributed by atoms with E-state index < -0.39 is 6.29 Å². The van der Waals surface area contributed by atoms with Crippen molar-refractivity contribution in [3.8, 4) is 5.75 Å². The van der Waals surface area contributed by atoms with Crippen LogP contribution in [0.25, 0.3) is 0 Å². The molecule has 1 amide bonds. The van der Waals surface area contributed by atoms with E-state index in [1.54, 1.807) is 48.5 Å². The number of unbranched alkanes of at least 4 members (excludes halogenated alkanes) is 1. The van der Waals surface area contributed by atoms with Crippen molar-refractivity contribution in [3.63, 3.8) is 0 Å². The zero-order valence-corrected chi connectivity index (χ0v) is 14.3. The molecule has 0 bridgehead atoms. The number of aromatic nitrogens is 2. The van der Waals surface area contributed by atoms with E-state index in [2.05, 4.69) is 11.9 Å². The lowest BCUT2D eigenvalue weighted by molar-refractivity contribution is -0.151. The molecule has 0 fully saturated rings. The second kappa shape index (κ2) is 7.48. The molecule has 1 atom stereocenters. The first-order chi connectivity index (χ1) is 12.1. The first kappa shape index (κ1) is 17.2. The maximum Gasteiger partial charge on any atom is 0.296 e. The number of benzene rings is 1. The lowest BCUT2D eigenvalue weighted by Crippen LogP contribution is -2.45. The number of Topliss-reactive ketones (excluding diaryl/α,β-unsaturated/α-hetero) is 1. The number of carbonyl (C=O) groups is 2. The number of hydrogen-bond acceptors (Lipinski definition) is 5. The van der Waals surface area contributed by atoms with Crippen LogP contribution in [0.4, 0.5) is 5.69 Å². The highest BCUT2D eigenvalue weighted by Crippen LogP contribution is 2.34. The van der Waals surface area contributed by atoms with Gasteiger partial charge in [-0.15, -0.1) is 0 Å². The van der Waals surface area contributed by atoms with Gasteiger partial charge in [0.1, 0.15) is 5.75 Å². The molecule has 2 aromatic rings. The summed E-state index contributed by atoms with van der Waals surface area (Å²) in [5.74, 6) is 0.188. The first-order valence-corrected chi connectivity index (χ1v) is 8.29. The van der Waals surface area contributed by atoms with Crippen molar-refractivity contribution in [2.24, 2.45) is 0 Å². The Morgan fingerprint density at radius 1 is 1.40 bits per heavy atom. The van der Waals surface area contributed by atoms with Gasteiger partial charge in [0.25, 0.3) is 12.2 Å². The maximum absolute atomic E-state index is 12.4. The number of anilines is 1. The largest absolute Gasteiger partial charge is 0.453 e. The molecule has 1 aliphatic heterocycles. The summed E-state index contributed by atoms with van der Waals surface area (Å²) in [6.45, 7) is 2.72. The summed E-state index contributed by atoms with van der Waals surface area (Å²) >= 11 is 0. The summed E-state index contributed by atoms with van der Waals surface area (Å²) in [6, 6.07) is 5.08. The molecule has 1 aliphatic rings. The number of fused-ring (bicyclic) bond motifs is 1. The number of nitrogens with zero attached hydrogens (tertiary/aromatic N) is 3. The fraction of sp³-hybridized carbons (Fsp3) is 0.389. The van der Waals surface area contributed by atoms with Crippen LogP contribution in [0.1, 0.15) is 30.1 Å². The van der Waals surface area contributed by atoms with Gasteiger partial charge in [0.05, 0.1) is 25.2 Å². The average Bonchev–Trinajstić information content (AvgIpc) is 3.12. The highest BCUT2D eigenvalue weighted by atomic mass is 16.7. The highest BCUT2D eigenvalue weighted by Gasteiger charge is 2.33. The normalized spacial score (nSPS) is 16.5. The van der Waals surface area contributed by atoms with E-state index in [4.69, 9.17) is 9.47 Å². The van der Waals surface area contributed by atoms with E-state index in [1.165, 1.54) is 4.90 Å². The Labute approximate surface area is 146 Å². The molecule has 1 unspecified atom stereocenters. The minimum atomic E-state index is -0.934. The number of ether oxygens (including phenoxy) is 2. The number of amides is 1. The Kier molecular flexibility index (Phi) is 5.14. The first-order valence-electron chi connectivity index (χ1n) is 8.29. The van der Waals surface area contributed by atoms with Crippen molar-refractivity contribution >= 4 is 17.4 Å². The predicted molar refractivity (Wildman–Crippen MR) is 91.7 cm³/mol. The van der Waals surface area contributed by atoms with Gasteiger partial charge in [0.15, 0.2) is 5.78 Å². The van der Waals surface area contributed by atoms with Gasteiger partial charge in [-0.25, -0.2) is 4.98 Å². The second-order valence-electron chi connectivity index (χ2n) is 5.91. The molecule has 0 spiro atoms. The van der Waals surface area contributed by atoms with E-state index in [9.17, 15) is 9.59 Å². The third kappa shape index (κ3) is 3.71. The Bertz CT molecular complexity index is 758. The molecule has 0 saturated heterocycles. The van der Waals surface area contributed by atoms with Gasteiger partial charge in [-0.05, 0) is 24.6 Å². The summed E-state index contributed by atoms with van der Waals surface area (Å²) in [6.07, 6.45) is 5.86. The predicted octanol–water partition coefficient (Wildman–Crippen LogP) is 2.26. The highest BCUT2D eigenvalue weighted by molar-refractivity contribution is 6.02. The summed E-state index contributed by atoms with van der Waals surface area (Å²) in [5, 5.41) is 0. The quantitative estimate of drug-likeness (QED) is 0.569. The SMILES string of the molecule is CCCCOC1Oc2ccc(C(=O)Cn3ccnc3)cc2N(C)C1=O. The Balaban J connectivity index is 1.76. The summed E-state index contributed by atoms with van der Waals surface area (Å²) in [4.78, 5) is 30.2. The molecule has 1 aromatic heterocycles. The van der Waals surface area contributed by atoms with Gasteiger partial charge in [-0.3, -0.25) is 9.59 Å². The van der Waals surface area contributed by atoms with Crippen LogP contribution in [0.5, 0.6) is 5.75 Å². The third-order valence-electron chi connectivity index (χ3n) is 4.06. The van der Waals surface area contributed by atoms with Crippen molar-refractivity contribution in [2.45, 2.75) is 32.6 Å². The van der Waals surface area contributed by atoms with Gasteiger partial charge in [-0.2, -0.15) is 0 Å². The molecule has 0 N–H and O–H groups in total. The molecule has 3 rings (SSSR count). The topological polar surface area (TPSA) is 73.7 Å². The van der Waals surface area contributed by atoms with Crippen molar-refractivity contribution < 1.29 is 19.1 Å². The maximum atomic E-state index is 12.4. The molecule has 1 aromatic carbocycles. The molecule has 7 nitrogen and oxygen atoms in total. The molecule has 0 aliphatic carbocycles. The fourth-order valence-electron chi connectivity index (χ4n) is 2.57. The summed E-state index contributed by atoms with van der Waals surface area (Å²) in [5.41, 5.74) is 1.08. The van der Waals surface area contributed by atoms with Crippen molar-refractivity contribution in [1.29, 1.82) is 0 Å². The number of rotatable bonds is 7. The van der Waals surface area contributed by atoms with E-state index in [0.717, 1.165) is 12.8 Å². The van der Waals surface area contributed by atoms with Crippen molar-refractivity contribution in [1.82, 2.24) is 9.55 Å². The lowest BCUT2D eigenvalue weighted by Gasteiger charge is -2.31. The van der Waals surface area contributed by atoms with E-state index in [1.807, 2.05) is 0 Å². The van der Waals surface area contributed by atoms with Crippen LogP contribution in [0, 0.1) is 0 Å². The Morgan fingerprint density at radius 3 is 2.96 bits per heavy atom. The Morgan fingerprint density at radius 2 is 2.24 bits per heavy atom. The van der Waals surface area contributed by atoms with Crippen LogP contribution < -0.4 is 9.64 Å². The average molecular weight is 343 g/mol. The van der Waals surface area contributed by atoms with Crippen LogP contribution in [0.2, 0.25) is 0 Å². The summed E-state index contributed by atoms with van der Waals surface area (Å²) < 4.78 is 12.9. The van der Waals surface area contributed by atoms with Crippen LogP contribution in [0.3, 0.4) is 0 Å². The summed E-state index contributed by atoms with van der Waals surface area (Å²) in [7, 11) is 1.66. The zero-order valence-electron chi connectivity index (χ0n) is 14.3. The third-order valence-corrected chi connectivity index (χ3v) is 4.06. The molecular weight excluding hydrogens is 322 g/mol. The van der Waals surface area contributed by atoms with Crippen LogP contribution >= 0.6 is 0 Å². The van der Waals surface area contributed by atoms with Crippen molar-refractivity contribution in [2.75, 3.05) is 18.6 Å². The van der Waals surface area contributed by atoms with Gasteiger partial charge in [-0.1, -0.05) is 13.3 Å². The van der Waals surface area contributed by atoms with E-state index in [0.29, 0.717) is 23.6 Å². The molecule has 25 heavy (non-hydrogen) atoms. The van der Waals surface area contributed by atoms with E-state index >= 15 is 0 Å². The van der Waals surface area contributed by atoms with E-state index in [-0.39, 0.29) is 18.2 Å². The molecule has 0 saturated carbocycles. The number of ketones is 1. The van der Waals surface area contributed by atoms with Gasteiger partial charge in [0.2, 0.25) is 0 Å². The zero-order chi connectivity index (χ0) is 17.8. The van der Waals surface area contributed by atoms with Gasteiger partial charge in [0, 0.05) is 25.0 Å². The molecule has 0 radical (unpaired) electrons. The molecule has 2 heterocycles. The number of likely N-dealkylation sites (N-methyl/N-ethyl adjacent to an activating group) is 1. The standard InChI is InChI=1S/C18H21N3O4/c1-3-4-9-24-18-17(23)20(2)14-10-13(5-6-16(14)25-18)15(22)11-21-8-7-19-12-21/h5-8,10,12,18H,3-4,9,11H2,1-2H3. The number of imidazole rings is 1. The number of carbonyl (C=O) groups excluding carboxylic acids is 2. The van der Waals surface area contributed by atoms with Crippen LogP contribution in [-0.2, 0) is 16.1 Å².